The van der Waals surface area contributed by atoms with Gasteiger partial charge < -0.3 is 14.4 Å². The zero-order valence-corrected chi connectivity index (χ0v) is 16.9. The topological polar surface area (TPSA) is 55.8 Å². The van der Waals surface area contributed by atoms with Crippen molar-refractivity contribution in [1.29, 1.82) is 0 Å². The number of amides is 1. The Balaban J connectivity index is 1.61. The molecule has 0 N–H and O–H groups in total. The van der Waals surface area contributed by atoms with Crippen LogP contribution in [0.4, 0.5) is 0 Å². The van der Waals surface area contributed by atoms with Gasteiger partial charge in [0.05, 0.1) is 18.4 Å². The van der Waals surface area contributed by atoms with Gasteiger partial charge in [-0.1, -0.05) is 42.5 Å². The van der Waals surface area contributed by atoms with Gasteiger partial charge in [0.25, 0.3) is 5.91 Å². The summed E-state index contributed by atoms with van der Waals surface area (Å²) in [6, 6.07) is 19.5. The fourth-order valence-electron chi connectivity index (χ4n) is 3.35. The second-order valence-corrected chi connectivity index (χ2v) is 7.84. The molecule has 0 spiro atoms. The van der Waals surface area contributed by atoms with Crippen LogP contribution in [-0.2, 0) is 22.7 Å². The largest absolute Gasteiger partial charge is 0.488 e. The van der Waals surface area contributed by atoms with E-state index in [-0.39, 0.29) is 18.3 Å². The van der Waals surface area contributed by atoms with Gasteiger partial charge in [0.2, 0.25) is 0 Å². The Bertz CT molecular complexity index is 1030. The molecule has 0 bridgehead atoms. The lowest BCUT2D eigenvalue weighted by molar-refractivity contribution is -0.140. The van der Waals surface area contributed by atoms with Gasteiger partial charge in [-0.3, -0.25) is 9.59 Å². The molecule has 2 heterocycles. The normalized spacial score (nSPS) is 11.8. The van der Waals surface area contributed by atoms with Gasteiger partial charge in [-0.15, -0.1) is 11.3 Å². The van der Waals surface area contributed by atoms with E-state index in [9.17, 15) is 9.59 Å². The molecule has 0 radical (unpaired) electrons. The highest BCUT2D eigenvalue weighted by molar-refractivity contribution is 7.17. The molecule has 0 atom stereocenters. The molecule has 5 nitrogen and oxygen atoms in total. The summed E-state index contributed by atoms with van der Waals surface area (Å²) in [5, 5.41) is 0. The number of carbonyl (C=O) groups excluding carboxylic acids is 2. The molecule has 2 aromatic carbocycles. The van der Waals surface area contributed by atoms with Crippen LogP contribution in [0.3, 0.4) is 0 Å². The summed E-state index contributed by atoms with van der Waals surface area (Å²) in [4.78, 5) is 28.4. The molecule has 1 aromatic heterocycles. The van der Waals surface area contributed by atoms with Gasteiger partial charge in [-0.2, -0.15) is 0 Å². The first-order chi connectivity index (χ1) is 14.2. The molecule has 6 heteroatoms. The number of nitrogens with zero attached hydrogens (tertiary/aromatic N) is 1. The Morgan fingerprint density at radius 3 is 2.66 bits per heavy atom. The number of carbonyl (C=O) groups is 2. The Hall–Kier alpha value is -3.12. The lowest BCUT2D eigenvalue weighted by atomic mass is 10.1. The number of thiophene rings is 1. The van der Waals surface area contributed by atoms with Crippen LogP contribution < -0.4 is 4.74 Å². The van der Waals surface area contributed by atoms with Crippen molar-refractivity contribution in [2.24, 2.45) is 0 Å². The summed E-state index contributed by atoms with van der Waals surface area (Å²) in [6.07, 6.45) is 0.159. The third kappa shape index (κ3) is 4.17. The molecule has 148 valence electrons. The van der Waals surface area contributed by atoms with Crippen LogP contribution in [0.5, 0.6) is 5.75 Å². The summed E-state index contributed by atoms with van der Waals surface area (Å²) in [6.45, 7) is 1.19. The molecular formula is C23H21NO4S. The third-order valence-electron chi connectivity index (χ3n) is 4.85. The summed E-state index contributed by atoms with van der Waals surface area (Å²) in [5.74, 6) is 0.422. The average molecular weight is 407 g/mol. The Morgan fingerprint density at radius 2 is 1.86 bits per heavy atom. The average Bonchev–Trinajstić information content (AvgIpc) is 3.21. The van der Waals surface area contributed by atoms with Gasteiger partial charge in [0.15, 0.2) is 0 Å². The van der Waals surface area contributed by atoms with Crippen LogP contribution in [0.1, 0.15) is 27.2 Å². The molecule has 3 aromatic rings. The number of hydrogen-bond donors (Lipinski definition) is 0. The maximum absolute atomic E-state index is 13.3. The van der Waals surface area contributed by atoms with E-state index in [0.29, 0.717) is 24.6 Å². The number of methoxy groups -OCH3 is 1. The van der Waals surface area contributed by atoms with E-state index in [1.54, 1.807) is 4.90 Å². The smallest absolute Gasteiger partial charge is 0.307 e. The minimum Gasteiger partial charge on any atom is -0.488 e. The monoisotopic (exact) mass is 407 g/mol. The fourth-order valence-corrected chi connectivity index (χ4v) is 4.51. The predicted molar refractivity (Wildman–Crippen MR) is 112 cm³/mol. The maximum atomic E-state index is 13.3. The SMILES string of the molecule is COC(=O)CCN(Cc1ccccc1)C(=O)c1cc2c(s1)-c1ccccc1OC2. The second kappa shape index (κ2) is 8.49. The standard InChI is InChI=1S/C23H21NO4S/c1-27-21(25)11-12-24(14-16-7-3-2-4-8-16)23(26)20-13-17-15-28-19-10-6-5-9-18(19)22(17)29-20/h2-10,13H,11-12,14-15H2,1H3. The number of rotatable bonds is 6. The van der Waals surface area contributed by atoms with Crippen molar-refractivity contribution in [3.05, 3.63) is 76.7 Å². The van der Waals surface area contributed by atoms with Crippen LogP contribution in [0.2, 0.25) is 0 Å². The zero-order chi connectivity index (χ0) is 20.2. The third-order valence-corrected chi connectivity index (χ3v) is 6.05. The molecule has 0 aliphatic carbocycles. The molecule has 1 aliphatic rings. The molecule has 0 saturated heterocycles. The quantitative estimate of drug-likeness (QED) is 0.564. The van der Waals surface area contributed by atoms with Gasteiger partial charge in [0.1, 0.15) is 12.4 Å². The number of esters is 1. The lowest BCUT2D eigenvalue weighted by Gasteiger charge is -2.22. The van der Waals surface area contributed by atoms with E-state index in [1.807, 2.05) is 60.7 Å². The summed E-state index contributed by atoms with van der Waals surface area (Å²) in [5.41, 5.74) is 3.05. The Kier molecular flexibility index (Phi) is 5.62. The minimum absolute atomic E-state index is 0.0883. The minimum atomic E-state index is -0.330. The van der Waals surface area contributed by atoms with Crippen LogP contribution in [0.15, 0.2) is 60.7 Å². The first-order valence-corrected chi connectivity index (χ1v) is 10.2. The van der Waals surface area contributed by atoms with E-state index in [4.69, 9.17) is 9.47 Å². The predicted octanol–water partition coefficient (Wildman–Crippen LogP) is 4.51. The van der Waals surface area contributed by atoms with E-state index >= 15 is 0 Å². The molecular weight excluding hydrogens is 386 g/mol. The van der Waals surface area contributed by atoms with Gasteiger partial charge in [-0.05, 0) is 23.8 Å². The number of hydrogen-bond acceptors (Lipinski definition) is 5. The summed E-state index contributed by atoms with van der Waals surface area (Å²) in [7, 11) is 1.36. The Morgan fingerprint density at radius 1 is 1.10 bits per heavy atom. The van der Waals surface area contributed by atoms with Crippen LogP contribution in [0.25, 0.3) is 10.4 Å². The van der Waals surface area contributed by atoms with Crippen molar-refractivity contribution >= 4 is 23.2 Å². The van der Waals surface area contributed by atoms with Crippen LogP contribution >= 0.6 is 11.3 Å². The Labute approximate surface area is 173 Å². The first kappa shape index (κ1) is 19.2. The van der Waals surface area contributed by atoms with E-state index < -0.39 is 0 Å². The molecule has 1 amide bonds. The number of para-hydroxylation sites is 1. The molecule has 29 heavy (non-hydrogen) atoms. The number of benzene rings is 2. The molecule has 1 aliphatic heterocycles. The second-order valence-electron chi connectivity index (χ2n) is 6.79. The van der Waals surface area contributed by atoms with Gasteiger partial charge >= 0.3 is 5.97 Å². The molecule has 0 saturated carbocycles. The molecule has 0 unspecified atom stereocenters. The zero-order valence-electron chi connectivity index (χ0n) is 16.1. The van der Waals surface area contributed by atoms with Gasteiger partial charge in [-0.25, -0.2) is 0 Å². The highest BCUT2D eigenvalue weighted by atomic mass is 32.1. The van der Waals surface area contributed by atoms with Crippen molar-refractivity contribution in [2.75, 3.05) is 13.7 Å². The highest BCUT2D eigenvalue weighted by Crippen LogP contribution is 2.42. The fraction of sp³-hybridized carbons (Fsp3) is 0.217. The van der Waals surface area contributed by atoms with E-state index in [1.165, 1.54) is 18.4 Å². The van der Waals surface area contributed by atoms with Crippen molar-refractivity contribution in [3.63, 3.8) is 0 Å². The highest BCUT2D eigenvalue weighted by Gasteiger charge is 2.25. The van der Waals surface area contributed by atoms with Crippen LogP contribution in [-0.4, -0.2) is 30.4 Å². The summed E-state index contributed by atoms with van der Waals surface area (Å²) >= 11 is 1.48. The van der Waals surface area contributed by atoms with E-state index in [2.05, 4.69) is 0 Å². The molecule has 0 fully saturated rings. The van der Waals surface area contributed by atoms with Crippen molar-refractivity contribution in [2.45, 2.75) is 19.6 Å². The van der Waals surface area contributed by atoms with E-state index in [0.717, 1.165) is 27.3 Å². The summed E-state index contributed by atoms with van der Waals surface area (Å²) < 4.78 is 10.6. The first-order valence-electron chi connectivity index (χ1n) is 9.40. The van der Waals surface area contributed by atoms with Crippen molar-refractivity contribution in [1.82, 2.24) is 4.90 Å². The lowest BCUT2D eigenvalue weighted by Crippen LogP contribution is -2.32. The van der Waals surface area contributed by atoms with Gasteiger partial charge in [0, 0.05) is 29.1 Å². The number of ether oxygens (including phenoxy) is 2. The van der Waals surface area contributed by atoms with Crippen molar-refractivity contribution < 1.29 is 19.1 Å². The maximum Gasteiger partial charge on any atom is 0.307 e. The molecule has 4 rings (SSSR count). The van der Waals surface area contributed by atoms with Crippen molar-refractivity contribution in [3.8, 4) is 16.2 Å². The number of fused-ring (bicyclic) bond motifs is 3. The van der Waals surface area contributed by atoms with Crippen LogP contribution in [0, 0.1) is 0 Å².